The summed E-state index contributed by atoms with van der Waals surface area (Å²) in [5.74, 6) is -12.0. The number of hydrogen-bond acceptors (Lipinski definition) is 7. The molecule has 1 fully saturated rings. The Bertz CT molecular complexity index is 1440. The van der Waals surface area contributed by atoms with Crippen LogP contribution in [0.2, 0.25) is 0 Å². The minimum absolute atomic E-state index is 0.0135. The molecule has 2 aromatic carbocycles. The summed E-state index contributed by atoms with van der Waals surface area (Å²) in [6.07, 6.45) is 0.0269. The molecule has 1 heterocycles. The van der Waals surface area contributed by atoms with Crippen molar-refractivity contribution in [1.29, 1.82) is 0 Å². The fourth-order valence-corrected chi connectivity index (χ4v) is 4.88. The van der Waals surface area contributed by atoms with Crippen LogP contribution in [0.15, 0.2) is 24.3 Å². The molecule has 10 nitrogen and oxygen atoms in total. The molecule has 3 rings (SSSR count). The first-order chi connectivity index (χ1) is 21.2. The lowest BCUT2D eigenvalue weighted by molar-refractivity contribution is -0.133. The number of benzene rings is 2. The van der Waals surface area contributed by atoms with Crippen LogP contribution in [0.3, 0.4) is 0 Å². The van der Waals surface area contributed by atoms with Crippen LogP contribution in [0.25, 0.3) is 0 Å². The van der Waals surface area contributed by atoms with Gasteiger partial charge in [-0.25, -0.2) is 8.78 Å². The van der Waals surface area contributed by atoms with Gasteiger partial charge in [0.2, 0.25) is 29.4 Å². The maximum absolute atomic E-state index is 14.1. The minimum atomic E-state index is -1.84. The number of Topliss-reactive ketones (excluding diaryl/α,β-unsaturated/α-hetero) is 2. The third-order valence-corrected chi connectivity index (χ3v) is 7.22. The second kappa shape index (κ2) is 15.5. The van der Waals surface area contributed by atoms with Crippen LogP contribution in [0.5, 0.6) is 11.5 Å². The van der Waals surface area contributed by atoms with E-state index in [0.29, 0.717) is 29.8 Å². The number of rotatable bonds is 15. The maximum atomic E-state index is 14.1. The van der Waals surface area contributed by atoms with Gasteiger partial charge >= 0.3 is 0 Å². The highest BCUT2D eigenvalue weighted by molar-refractivity contribution is 5.96. The summed E-state index contributed by atoms with van der Waals surface area (Å²) in [6.45, 7) is 4.20. The van der Waals surface area contributed by atoms with E-state index < -0.39 is 71.2 Å². The molecule has 3 amide bonds. The van der Waals surface area contributed by atoms with Gasteiger partial charge < -0.3 is 25.4 Å². The van der Waals surface area contributed by atoms with Gasteiger partial charge in [-0.15, -0.1) is 0 Å². The molecule has 0 saturated carbocycles. The van der Waals surface area contributed by atoms with Crippen LogP contribution in [0, 0.1) is 35.1 Å². The Balaban J connectivity index is 1.79. The first kappa shape index (κ1) is 35.0. The Morgan fingerprint density at radius 3 is 2.22 bits per heavy atom. The molecule has 3 unspecified atom stereocenters. The molecule has 14 heteroatoms. The van der Waals surface area contributed by atoms with Gasteiger partial charge in [-0.1, -0.05) is 13.8 Å². The Kier molecular flexibility index (Phi) is 12.0. The molecule has 1 aliphatic rings. The van der Waals surface area contributed by atoms with Gasteiger partial charge in [0.15, 0.2) is 29.0 Å². The fraction of sp³-hybridized carbons (Fsp3) is 0.452. The van der Waals surface area contributed by atoms with E-state index in [9.17, 15) is 41.5 Å². The third-order valence-electron chi connectivity index (χ3n) is 7.22. The van der Waals surface area contributed by atoms with Gasteiger partial charge in [0.1, 0.15) is 18.4 Å². The lowest BCUT2D eigenvalue weighted by Gasteiger charge is -2.25. The topological polar surface area (TPSA) is 140 Å². The van der Waals surface area contributed by atoms with E-state index in [1.165, 1.54) is 20.1 Å². The number of halogens is 4. The van der Waals surface area contributed by atoms with E-state index in [2.05, 4.69) is 16.0 Å². The highest BCUT2D eigenvalue weighted by Gasteiger charge is 2.34. The van der Waals surface area contributed by atoms with Crippen molar-refractivity contribution >= 4 is 29.3 Å². The minimum Gasteiger partial charge on any atom is -0.496 e. The summed E-state index contributed by atoms with van der Waals surface area (Å²) >= 11 is 0. The van der Waals surface area contributed by atoms with E-state index in [1.54, 1.807) is 26.0 Å². The van der Waals surface area contributed by atoms with Gasteiger partial charge in [-0.3, -0.25) is 24.0 Å². The third kappa shape index (κ3) is 9.25. The van der Waals surface area contributed by atoms with Crippen LogP contribution < -0.4 is 25.4 Å². The Morgan fingerprint density at radius 2 is 1.67 bits per heavy atom. The smallest absolute Gasteiger partial charge is 0.243 e. The van der Waals surface area contributed by atoms with Gasteiger partial charge in [0, 0.05) is 29.7 Å². The lowest BCUT2D eigenvalue weighted by atomic mass is 9.95. The molecule has 0 bridgehead atoms. The van der Waals surface area contributed by atoms with E-state index >= 15 is 0 Å². The molecule has 0 radical (unpaired) electrons. The van der Waals surface area contributed by atoms with Gasteiger partial charge in [-0.05, 0) is 50.3 Å². The summed E-state index contributed by atoms with van der Waals surface area (Å²) in [6, 6.07) is 2.02. The average molecular weight is 638 g/mol. The molecule has 1 aliphatic heterocycles. The standard InChI is InChI=1S/C31H35F4N3O7/c1-15(2)9-23(37-26(41)12-19-10-17(16(3)39)5-6-25(19)44-4)31(43)38-22(11-18-7-8-36-30(18)42)24(40)14-45-29-27(34)20(32)13-21(33)28(29)35/h5-6,10,13,15,18,22-23H,7-9,11-12,14H2,1-4H3,(H,36,42)(H,37,41)(H,38,43). The largest absolute Gasteiger partial charge is 0.496 e. The number of ether oxygens (including phenoxy) is 2. The Hall–Kier alpha value is -4.49. The molecule has 45 heavy (non-hydrogen) atoms. The second-order valence-corrected chi connectivity index (χ2v) is 11.1. The van der Waals surface area contributed by atoms with Crippen LogP contribution in [-0.2, 0) is 25.6 Å². The Morgan fingerprint density at radius 1 is 1.00 bits per heavy atom. The number of carbonyl (C=O) groups excluding carboxylic acids is 5. The van der Waals surface area contributed by atoms with Crippen molar-refractivity contribution < 1.29 is 51.0 Å². The van der Waals surface area contributed by atoms with Crippen molar-refractivity contribution in [2.75, 3.05) is 20.3 Å². The molecule has 244 valence electrons. The number of amides is 3. The molecule has 0 aromatic heterocycles. The van der Waals surface area contributed by atoms with Crippen molar-refractivity contribution in [1.82, 2.24) is 16.0 Å². The van der Waals surface area contributed by atoms with Crippen molar-refractivity contribution in [3.63, 3.8) is 0 Å². The lowest BCUT2D eigenvalue weighted by Crippen LogP contribution is -2.53. The molecule has 3 N–H and O–H groups in total. The zero-order valence-electron chi connectivity index (χ0n) is 25.2. The van der Waals surface area contributed by atoms with Crippen LogP contribution in [0.1, 0.15) is 56.0 Å². The molecule has 3 atom stereocenters. The zero-order valence-corrected chi connectivity index (χ0v) is 25.2. The highest BCUT2D eigenvalue weighted by Crippen LogP contribution is 2.27. The summed E-state index contributed by atoms with van der Waals surface area (Å²) in [4.78, 5) is 63.8. The van der Waals surface area contributed by atoms with Crippen molar-refractivity contribution in [2.24, 2.45) is 11.8 Å². The second-order valence-electron chi connectivity index (χ2n) is 11.1. The molecule has 2 aromatic rings. The monoisotopic (exact) mass is 637 g/mol. The van der Waals surface area contributed by atoms with Crippen molar-refractivity contribution in [3.8, 4) is 11.5 Å². The SMILES string of the molecule is COc1ccc(C(C)=O)cc1CC(=O)NC(CC(C)C)C(=O)NC(CC1CCNC1=O)C(=O)COc1c(F)c(F)cc(F)c1F. The number of hydrogen-bond donors (Lipinski definition) is 3. The van der Waals surface area contributed by atoms with Gasteiger partial charge in [0.05, 0.1) is 19.6 Å². The fourth-order valence-electron chi connectivity index (χ4n) is 4.88. The zero-order chi connectivity index (χ0) is 33.4. The van der Waals surface area contributed by atoms with E-state index in [0.717, 1.165) is 0 Å². The first-order valence-corrected chi connectivity index (χ1v) is 14.3. The average Bonchev–Trinajstić information content (AvgIpc) is 3.38. The van der Waals surface area contributed by atoms with Gasteiger partial charge in [-0.2, -0.15) is 8.78 Å². The van der Waals surface area contributed by atoms with E-state index in [1.807, 2.05) is 0 Å². The number of methoxy groups -OCH3 is 1. The molecular weight excluding hydrogens is 602 g/mol. The molecular formula is C31H35F4N3O7. The van der Waals surface area contributed by atoms with Gasteiger partial charge in [0.25, 0.3) is 0 Å². The quantitative estimate of drug-likeness (QED) is 0.155. The normalized spacial score (nSPS) is 15.7. The molecule has 0 aliphatic carbocycles. The van der Waals surface area contributed by atoms with Crippen LogP contribution >= 0.6 is 0 Å². The van der Waals surface area contributed by atoms with Crippen LogP contribution in [-0.4, -0.2) is 61.6 Å². The van der Waals surface area contributed by atoms with Crippen molar-refractivity contribution in [2.45, 2.75) is 58.5 Å². The molecule has 1 saturated heterocycles. The predicted molar refractivity (Wildman–Crippen MR) is 153 cm³/mol. The number of ketones is 2. The van der Waals surface area contributed by atoms with E-state index in [4.69, 9.17) is 9.47 Å². The molecule has 0 spiro atoms. The number of carbonyl (C=O) groups is 5. The summed E-state index contributed by atoms with van der Waals surface area (Å²) < 4.78 is 65.5. The van der Waals surface area contributed by atoms with Crippen LogP contribution in [0.4, 0.5) is 17.6 Å². The van der Waals surface area contributed by atoms with E-state index in [-0.39, 0.29) is 42.9 Å². The first-order valence-electron chi connectivity index (χ1n) is 14.3. The van der Waals surface area contributed by atoms with Crippen molar-refractivity contribution in [3.05, 3.63) is 58.7 Å². The predicted octanol–water partition coefficient (Wildman–Crippen LogP) is 3.19. The number of nitrogens with one attached hydrogen (secondary N) is 3. The maximum Gasteiger partial charge on any atom is 0.243 e. The summed E-state index contributed by atoms with van der Waals surface area (Å²) in [5, 5.41) is 7.74. The summed E-state index contributed by atoms with van der Waals surface area (Å²) in [5.41, 5.74) is 0.757. The Labute approximate surface area is 257 Å². The highest BCUT2D eigenvalue weighted by atomic mass is 19.2. The summed E-state index contributed by atoms with van der Waals surface area (Å²) in [7, 11) is 1.40.